The number of nitrogens with zero attached hydrogens (tertiary/aromatic N) is 1. The van der Waals surface area contributed by atoms with Crippen LogP contribution in [0.2, 0.25) is 0 Å². The van der Waals surface area contributed by atoms with Crippen molar-refractivity contribution in [3.8, 4) is 0 Å². The number of nitrogens with one attached hydrogen (secondary N) is 1. The minimum atomic E-state index is -0.136. The van der Waals surface area contributed by atoms with E-state index < -0.39 is 0 Å². The molecule has 1 aliphatic rings. The summed E-state index contributed by atoms with van der Waals surface area (Å²) in [6, 6.07) is 6.05. The third-order valence-corrected chi connectivity index (χ3v) is 5.01. The maximum atomic E-state index is 12.0. The summed E-state index contributed by atoms with van der Waals surface area (Å²) in [7, 11) is 0. The summed E-state index contributed by atoms with van der Waals surface area (Å²) in [4.78, 5) is 15.9. The standard InChI is InChI=1S/C16H20N2O2S/c1-11(9-17-16(19)14-4-3-12(2)20-14)18-7-5-15-13(10-18)6-8-21-15/h3-4,6,8,11H,5,7,9-10H2,1-2H3,(H,17,19). The highest BCUT2D eigenvalue weighted by Gasteiger charge is 2.22. The third kappa shape index (κ3) is 3.19. The van der Waals surface area contributed by atoms with Crippen molar-refractivity contribution in [2.75, 3.05) is 13.1 Å². The Morgan fingerprint density at radius 2 is 2.33 bits per heavy atom. The third-order valence-electron chi connectivity index (χ3n) is 3.98. The summed E-state index contributed by atoms with van der Waals surface area (Å²) in [5, 5.41) is 5.12. The van der Waals surface area contributed by atoms with E-state index in [1.54, 1.807) is 12.1 Å². The molecule has 1 atom stereocenters. The maximum absolute atomic E-state index is 12.0. The van der Waals surface area contributed by atoms with Gasteiger partial charge in [0, 0.05) is 30.6 Å². The molecular formula is C16H20N2O2S. The number of thiophene rings is 1. The molecule has 1 N–H and O–H groups in total. The van der Waals surface area contributed by atoms with Crippen LogP contribution in [0.25, 0.3) is 0 Å². The highest BCUT2D eigenvalue weighted by Crippen LogP contribution is 2.24. The molecule has 1 aliphatic heterocycles. The summed E-state index contributed by atoms with van der Waals surface area (Å²) in [5.74, 6) is 1.01. The molecule has 3 rings (SSSR count). The number of fused-ring (bicyclic) bond motifs is 1. The Labute approximate surface area is 128 Å². The number of furan rings is 1. The van der Waals surface area contributed by atoms with Gasteiger partial charge < -0.3 is 9.73 Å². The van der Waals surface area contributed by atoms with Crippen molar-refractivity contribution in [1.29, 1.82) is 0 Å². The summed E-state index contributed by atoms with van der Waals surface area (Å²) < 4.78 is 5.33. The number of carbonyl (C=O) groups excluding carboxylic acids is 1. The van der Waals surface area contributed by atoms with Gasteiger partial charge in [0.1, 0.15) is 5.76 Å². The molecule has 112 valence electrons. The van der Waals surface area contributed by atoms with Gasteiger partial charge in [-0.3, -0.25) is 9.69 Å². The van der Waals surface area contributed by atoms with Gasteiger partial charge in [0.05, 0.1) is 0 Å². The second-order valence-electron chi connectivity index (χ2n) is 5.56. The van der Waals surface area contributed by atoms with Crippen molar-refractivity contribution >= 4 is 17.2 Å². The summed E-state index contributed by atoms with van der Waals surface area (Å²) in [6.07, 6.45) is 1.11. The number of aryl methyl sites for hydroxylation is 1. The van der Waals surface area contributed by atoms with E-state index in [-0.39, 0.29) is 5.91 Å². The van der Waals surface area contributed by atoms with Gasteiger partial charge in [-0.2, -0.15) is 0 Å². The number of rotatable bonds is 4. The first kappa shape index (κ1) is 14.4. The van der Waals surface area contributed by atoms with Crippen LogP contribution < -0.4 is 5.32 Å². The molecule has 0 bridgehead atoms. The second-order valence-corrected chi connectivity index (χ2v) is 6.56. The lowest BCUT2D eigenvalue weighted by Gasteiger charge is -2.32. The van der Waals surface area contributed by atoms with Gasteiger partial charge in [0.2, 0.25) is 0 Å². The fraction of sp³-hybridized carbons (Fsp3) is 0.438. The quantitative estimate of drug-likeness (QED) is 0.945. The van der Waals surface area contributed by atoms with Crippen LogP contribution in [-0.2, 0) is 13.0 Å². The molecule has 21 heavy (non-hydrogen) atoms. The Morgan fingerprint density at radius 3 is 3.10 bits per heavy atom. The van der Waals surface area contributed by atoms with E-state index in [0.29, 0.717) is 18.3 Å². The summed E-state index contributed by atoms with van der Waals surface area (Å²) >= 11 is 1.85. The Hall–Kier alpha value is -1.59. The van der Waals surface area contributed by atoms with Crippen molar-refractivity contribution in [3.63, 3.8) is 0 Å². The van der Waals surface area contributed by atoms with Crippen molar-refractivity contribution < 1.29 is 9.21 Å². The monoisotopic (exact) mass is 304 g/mol. The van der Waals surface area contributed by atoms with Crippen molar-refractivity contribution in [1.82, 2.24) is 10.2 Å². The Bertz CT molecular complexity index is 632. The molecule has 2 aromatic heterocycles. The summed E-state index contributed by atoms with van der Waals surface area (Å²) in [5.41, 5.74) is 1.44. The van der Waals surface area contributed by atoms with Gasteiger partial charge in [0.25, 0.3) is 5.91 Å². The van der Waals surface area contributed by atoms with Gasteiger partial charge in [-0.25, -0.2) is 0 Å². The van der Waals surface area contributed by atoms with Crippen molar-refractivity contribution in [3.05, 3.63) is 45.5 Å². The van der Waals surface area contributed by atoms with E-state index in [9.17, 15) is 4.79 Å². The largest absolute Gasteiger partial charge is 0.456 e. The molecule has 0 saturated heterocycles. The van der Waals surface area contributed by atoms with Crippen LogP contribution in [0, 0.1) is 6.92 Å². The Balaban J connectivity index is 1.53. The molecule has 0 aromatic carbocycles. The van der Waals surface area contributed by atoms with Crippen LogP contribution in [0.15, 0.2) is 28.0 Å². The van der Waals surface area contributed by atoms with Gasteiger partial charge in [-0.15, -0.1) is 11.3 Å². The molecule has 0 saturated carbocycles. The SMILES string of the molecule is Cc1ccc(C(=O)NCC(C)N2CCc3sccc3C2)o1. The average Bonchev–Trinajstić information content (AvgIpc) is 3.12. The van der Waals surface area contributed by atoms with Crippen LogP contribution in [0.1, 0.15) is 33.7 Å². The smallest absolute Gasteiger partial charge is 0.287 e. The van der Waals surface area contributed by atoms with Crippen molar-refractivity contribution in [2.24, 2.45) is 0 Å². The lowest BCUT2D eigenvalue weighted by molar-refractivity contribution is 0.0904. The van der Waals surface area contributed by atoms with Gasteiger partial charge in [0.15, 0.2) is 5.76 Å². The Kier molecular flexibility index (Phi) is 4.12. The zero-order valence-electron chi connectivity index (χ0n) is 12.4. The molecule has 5 heteroatoms. The van der Waals surface area contributed by atoms with Gasteiger partial charge in [-0.05, 0) is 49.4 Å². The van der Waals surface area contributed by atoms with Crippen LogP contribution in [0.5, 0.6) is 0 Å². The molecule has 0 aliphatic carbocycles. The molecule has 0 radical (unpaired) electrons. The maximum Gasteiger partial charge on any atom is 0.287 e. The van der Waals surface area contributed by atoms with Crippen LogP contribution in [-0.4, -0.2) is 29.9 Å². The highest BCUT2D eigenvalue weighted by molar-refractivity contribution is 7.10. The van der Waals surface area contributed by atoms with E-state index in [4.69, 9.17) is 4.42 Å². The first-order valence-electron chi connectivity index (χ1n) is 7.27. The van der Waals surface area contributed by atoms with E-state index in [2.05, 4.69) is 28.6 Å². The predicted octanol–water partition coefficient (Wildman–Crippen LogP) is 2.83. The van der Waals surface area contributed by atoms with Gasteiger partial charge in [-0.1, -0.05) is 0 Å². The number of hydrogen-bond acceptors (Lipinski definition) is 4. The second kappa shape index (κ2) is 6.03. The lowest BCUT2D eigenvalue weighted by Crippen LogP contribution is -2.44. The molecular weight excluding hydrogens is 284 g/mol. The molecule has 0 spiro atoms. The van der Waals surface area contributed by atoms with E-state index >= 15 is 0 Å². The number of hydrogen-bond donors (Lipinski definition) is 1. The predicted molar refractivity (Wildman–Crippen MR) is 83.7 cm³/mol. The van der Waals surface area contributed by atoms with Crippen molar-refractivity contribution in [2.45, 2.75) is 32.9 Å². The van der Waals surface area contributed by atoms with E-state index in [0.717, 1.165) is 25.3 Å². The molecule has 2 aromatic rings. The zero-order valence-corrected chi connectivity index (χ0v) is 13.2. The van der Waals surface area contributed by atoms with E-state index in [1.807, 2.05) is 18.3 Å². The molecule has 1 amide bonds. The first-order valence-corrected chi connectivity index (χ1v) is 8.15. The van der Waals surface area contributed by atoms with E-state index in [1.165, 1.54) is 10.4 Å². The molecule has 3 heterocycles. The molecule has 4 nitrogen and oxygen atoms in total. The molecule has 0 fully saturated rings. The molecule has 1 unspecified atom stereocenters. The first-order chi connectivity index (χ1) is 10.1. The number of amides is 1. The van der Waals surface area contributed by atoms with Crippen LogP contribution in [0.4, 0.5) is 0 Å². The average molecular weight is 304 g/mol. The lowest BCUT2D eigenvalue weighted by atomic mass is 10.1. The zero-order chi connectivity index (χ0) is 14.8. The fourth-order valence-electron chi connectivity index (χ4n) is 2.66. The summed E-state index contributed by atoms with van der Waals surface area (Å²) in [6.45, 7) is 6.68. The minimum absolute atomic E-state index is 0.136. The van der Waals surface area contributed by atoms with Crippen LogP contribution in [0.3, 0.4) is 0 Å². The highest BCUT2D eigenvalue weighted by atomic mass is 32.1. The Morgan fingerprint density at radius 1 is 1.48 bits per heavy atom. The number of carbonyl (C=O) groups is 1. The topological polar surface area (TPSA) is 45.5 Å². The normalized spacial score (nSPS) is 16.5. The minimum Gasteiger partial charge on any atom is -0.456 e. The fourth-order valence-corrected chi connectivity index (χ4v) is 3.55. The van der Waals surface area contributed by atoms with Gasteiger partial charge >= 0.3 is 0 Å². The van der Waals surface area contributed by atoms with Crippen LogP contribution >= 0.6 is 11.3 Å².